The van der Waals surface area contributed by atoms with Gasteiger partial charge in [0, 0.05) is 11.4 Å². The van der Waals surface area contributed by atoms with Crippen molar-refractivity contribution in [1.82, 2.24) is 0 Å². The van der Waals surface area contributed by atoms with Gasteiger partial charge < -0.3 is 18.8 Å². The van der Waals surface area contributed by atoms with Crippen molar-refractivity contribution in [3.63, 3.8) is 0 Å². The zero-order valence-corrected chi connectivity index (χ0v) is 17.6. The highest BCUT2D eigenvalue weighted by Crippen LogP contribution is 2.45. The van der Waals surface area contributed by atoms with E-state index in [0.29, 0.717) is 12.4 Å². The van der Waals surface area contributed by atoms with Crippen LogP contribution >= 0.6 is 0 Å². The van der Waals surface area contributed by atoms with Gasteiger partial charge in [0.15, 0.2) is 0 Å². The highest BCUT2D eigenvalue weighted by molar-refractivity contribution is 6.48. The third-order valence-corrected chi connectivity index (χ3v) is 5.81. The van der Waals surface area contributed by atoms with Crippen molar-refractivity contribution in [2.45, 2.75) is 58.1 Å². The Labute approximate surface area is 167 Å². The van der Waals surface area contributed by atoms with Crippen molar-refractivity contribution in [3.8, 4) is 5.75 Å². The minimum Gasteiger partial charge on any atom is -0.496 e. The molecule has 1 fully saturated rings. The number of carbonyl (C=O) groups excluding carboxylic acids is 1. The summed E-state index contributed by atoms with van der Waals surface area (Å²) in [6.07, 6.45) is 0.148. The smallest absolute Gasteiger partial charge is 0.466 e. The van der Waals surface area contributed by atoms with Crippen molar-refractivity contribution >= 4 is 23.9 Å². The van der Waals surface area contributed by atoms with Crippen molar-refractivity contribution in [2.75, 3.05) is 13.7 Å². The molecular weight excluding hydrogens is 355 g/mol. The van der Waals surface area contributed by atoms with Crippen LogP contribution in [-0.4, -0.2) is 38.0 Å². The van der Waals surface area contributed by atoms with Crippen LogP contribution in [0.15, 0.2) is 36.4 Å². The first-order valence-electron chi connectivity index (χ1n) is 9.77. The van der Waals surface area contributed by atoms with Crippen LogP contribution in [0.3, 0.4) is 0 Å². The molecule has 0 aliphatic carbocycles. The van der Waals surface area contributed by atoms with Crippen LogP contribution in [0.5, 0.6) is 5.75 Å². The molecule has 0 N–H and O–H groups in total. The lowest BCUT2D eigenvalue weighted by Crippen LogP contribution is -2.41. The minimum atomic E-state index is -0.589. The lowest BCUT2D eigenvalue weighted by atomic mass is 9.65. The fourth-order valence-electron chi connectivity index (χ4n) is 3.62. The zero-order valence-electron chi connectivity index (χ0n) is 17.6. The maximum atomic E-state index is 12.5. The van der Waals surface area contributed by atoms with E-state index >= 15 is 0 Å². The molecule has 0 spiro atoms. The normalized spacial score (nSPS) is 18.9. The molecule has 2 aromatic carbocycles. The van der Waals surface area contributed by atoms with E-state index in [1.165, 1.54) is 0 Å². The van der Waals surface area contributed by atoms with Gasteiger partial charge in [-0.25, -0.2) is 0 Å². The summed E-state index contributed by atoms with van der Waals surface area (Å²) < 4.78 is 23.6. The van der Waals surface area contributed by atoms with Gasteiger partial charge in [-0.3, -0.25) is 4.79 Å². The summed E-state index contributed by atoms with van der Waals surface area (Å²) in [5.74, 6) is 0.0704. The van der Waals surface area contributed by atoms with E-state index in [1.807, 2.05) is 64.1 Å². The molecule has 0 saturated carbocycles. The van der Waals surface area contributed by atoms with Crippen LogP contribution in [0, 0.1) is 0 Å². The molecular formula is C22H29BO5. The molecule has 2 aromatic rings. The molecule has 150 valence electrons. The number of fused-ring (bicyclic) bond motifs is 1. The first-order chi connectivity index (χ1) is 13.2. The van der Waals surface area contributed by atoms with Crippen LogP contribution < -0.4 is 4.74 Å². The van der Waals surface area contributed by atoms with E-state index in [1.54, 1.807) is 14.0 Å². The molecule has 1 aliphatic rings. The number of benzene rings is 2. The molecule has 1 heterocycles. The van der Waals surface area contributed by atoms with Crippen LogP contribution in [0.4, 0.5) is 0 Å². The molecule has 5 nitrogen and oxygen atoms in total. The molecule has 1 saturated heterocycles. The number of methoxy groups -OCH3 is 1. The zero-order chi connectivity index (χ0) is 20.5. The number of rotatable bonds is 6. The highest BCUT2D eigenvalue weighted by atomic mass is 16.7. The third kappa shape index (κ3) is 3.76. The van der Waals surface area contributed by atoms with E-state index in [-0.39, 0.29) is 18.2 Å². The topological polar surface area (TPSA) is 54.0 Å². The summed E-state index contributed by atoms with van der Waals surface area (Å²) in [6.45, 7) is 10.2. The van der Waals surface area contributed by atoms with Gasteiger partial charge in [-0.2, -0.15) is 0 Å². The van der Waals surface area contributed by atoms with Crippen molar-refractivity contribution < 1.29 is 23.6 Å². The van der Waals surface area contributed by atoms with Gasteiger partial charge in [0.05, 0.1) is 31.3 Å². The first kappa shape index (κ1) is 20.7. The highest BCUT2D eigenvalue weighted by Gasteiger charge is 2.55. The fraction of sp³-hybridized carbons (Fsp3) is 0.500. The van der Waals surface area contributed by atoms with E-state index in [9.17, 15) is 4.79 Å². The standard InChI is InChI=1S/C22H29BO5/c1-7-26-19(24)14-17(23-27-21(2,3)22(4,5)28-23)20-16-11-9-8-10-15(16)12-13-18(20)25-6/h8-13,17H,7,14H2,1-6H3. The number of ether oxygens (including phenoxy) is 2. The van der Waals surface area contributed by atoms with Crippen molar-refractivity contribution in [2.24, 2.45) is 0 Å². The molecule has 3 rings (SSSR count). The quantitative estimate of drug-likeness (QED) is 0.542. The predicted octanol–water partition coefficient (Wildman–Crippen LogP) is 4.52. The van der Waals surface area contributed by atoms with E-state index in [4.69, 9.17) is 18.8 Å². The average Bonchev–Trinajstić information content (AvgIpc) is 2.86. The Kier molecular flexibility index (Phi) is 5.73. The second-order valence-corrected chi connectivity index (χ2v) is 8.14. The maximum Gasteiger partial charge on any atom is 0.466 e. The summed E-state index contributed by atoms with van der Waals surface area (Å²) in [5.41, 5.74) is -0.0858. The Bertz CT molecular complexity index is 845. The summed E-state index contributed by atoms with van der Waals surface area (Å²) in [6, 6.07) is 12.0. The number of carbonyl (C=O) groups is 1. The van der Waals surface area contributed by atoms with Gasteiger partial charge in [-0.05, 0) is 51.5 Å². The second-order valence-electron chi connectivity index (χ2n) is 8.14. The Balaban J connectivity index is 2.13. The molecule has 1 aliphatic heterocycles. The Hall–Kier alpha value is -2.05. The number of esters is 1. The lowest BCUT2D eigenvalue weighted by molar-refractivity contribution is -0.143. The molecule has 1 atom stereocenters. The van der Waals surface area contributed by atoms with Gasteiger partial charge in [-0.15, -0.1) is 0 Å². The van der Waals surface area contributed by atoms with E-state index in [2.05, 4.69) is 0 Å². The van der Waals surface area contributed by atoms with Crippen LogP contribution in [0.25, 0.3) is 10.8 Å². The van der Waals surface area contributed by atoms with Gasteiger partial charge in [0.2, 0.25) is 0 Å². The van der Waals surface area contributed by atoms with Crippen molar-refractivity contribution in [1.29, 1.82) is 0 Å². The summed E-state index contributed by atoms with van der Waals surface area (Å²) in [4.78, 5) is 12.5. The van der Waals surface area contributed by atoms with Gasteiger partial charge >= 0.3 is 13.1 Å². The fourth-order valence-corrected chi connectivity index (χ4v) is 3.62. The largest absolute Gasteiger partial charge is 0.496 e. The molecule has 1 unspecified atom stereocenters. The van der Waals surface area contributed by atoms with E-state index < -0.39 is 18.3 Å². The average molecular weight is 384 g/mol. The number of hydrogen-bond acceptors (Lipinski definition) is 5. The molecule has 0 amide bonds. The van der Waals surface area contributed by atoms with Gasteiger partial charge in [0.1, 0.15) is 5.75 Å². The lowest BCUT2D eigenvalue weighted by Gasteiger charge is -2.32. The Morgan fingerprint density at radius 3 is 2.32 bits per heavy atom. The third-order valence-electron chi connectivity index (χ3n) is 5.81. The van der Waals surface area contributed by atoms with Crippen molar-refractivity contribution in [3.05, 3.63) is 42.0 Å². The van der Waals surface area contributed by atoms with Crippen LogP contribution in [0.2, 0.25) is 0 Å². The summed E-state index contributed by atoms with van der Waals surface area (Å²) >= 11 is 0. The monoisotopic (exact) mass is 384 g/mol. The molecule has 0 radical (unpaired) electrons. The molecule has 0 aromatic heterocycles. The van der Waals surface area contributed by atoms with E-state index in [0.717, 1.165) is 16.3 Å². The van der Waals surface area contributed by atoms with Crippen LogP contribution in [0.1, 0.15) is 52.4 Å². The first-order valence-corrected chi connectivity index (χ1v) is 9.77. The number of hydrogen-bond donors (Lipinski definition) is 0. The SMILES string of the molecule is CCOC(=O)CC(B1OC(C)(C)C(C)(C)O1)c1c(OC)ccc2ccccc12. The second kappa shape index (κ2) is 7.76. The Morgan fingerprint density at radius 1 is 1.07 bits per heavy atom. The maximum absolute atomic E-state index is 12.5. The van der Waals surface area contributed by atoms with Gasteiger partial charge in [-0.1, -0.05) is 30.3 Å². The Morgan fingerprint density at radius 2 is 1.71 bits per heavy atom. The minimum absolute atomic E-state index is 0.148. The molecule has 6 heteroatoms. The van der Waals surface area contributed by atoms with Crippen LogP contribution in [-0.2, 0) is 18.8 Å². The predicted molar refractivity (Wildman–Crippen MR) is 111 cm³/mol. The van der Waals surface area contributed by atoms with Gasteiger partial charge in [0.25, 0.3) is 0 Å². The summed E-state index contributed by atoms with van der Waals surface area (Å²) in [7, 11) is 1.05. The molecule has 28 heavy (non-hydrogen) atoms. The summed E-state index contributed by atoms with van der Waals surface area (Å²) in [5, 5.41) is 2.09. The molecule has 0 bridgehead atoms.